The van der Waals surface area contributed by atoms with Crippen LogP contribution in [-0.4, -0.2) is 21.0 Å². The van der Waals surface area contributed by atoms with Crippen molar-refractivity contribution in [1.82, 2.24) is 9.78 Å². The number of aliphatic hydroxyl groups excluding tert-OH is 1. The highest BCUT2D eigenvalue weighted by Crippen LogP contribution is 2.17. The minimum absolute atomic E-state index is 0.221. The summed E-state index contributed by atoms with van der Waals surface area (Å²) < 4.78 is 1.92. The summed E-state index contributed by atoms with van der Waals surface area (Å²) in [7, 11) is 1.97. The van der Waals surface area contributed by atoms with Crippen molar-refractivity contribution in [2.75, 3.05) is 0 Å². The van der Waals surface area contributed by atoms with E-state index in [9.17, 15) is 5.11 Å². The molecule has 0 aliphatic heterocycles. The molecule has 2 aromatic heterocycles. The zero-order valence-electron chi connectivity index (χ0n) is 11.9. The fourth-order valence-corrected chi connectivity index (χ4v) is 3.12. The first-order valence-electron chi connectivity index (χ1n) is 6.77. The Labute approximate surface area is 118 Å². The van der Waals surface area contributed by atoms with E-state index in [1.54, 1.807) is 11.3 Å². The minimum Gasteiger partial charge on any atom is -0.393 e. The molecule has 1 unspecified atom stereocenters. The van der Waals surface area contributed by atoms with Crippen LogP contribution in [0.15, 0.2) is 17.5 Å². The zero-order chi connectivity index (χ0) is 13.8. The Kier molecular flexibility index (Phi) is 4.77. The van der Waals surface area contributed by atoms with Gasteiger partial charge in [0, 0.05) is 17.6 Å². The van der Waals surface area contributed by atoms with Gasteiger partial charge in [0.05, 0.1) is 11.8 Å². The summed E-state index contributed by atoms with van der Waals surface area (Å²) in [6.45, 7) is 4.13. The summed E-state index contributed by atoms with van der Waals surface area (Å²) in [5, 5.41) is 16.6. The fourth-order valence-electron chi connectivity index (χ4n) is 2.40. The van der Waals surface area contributed by atoms with Crippen molar-refractivity contribution in [3.05, 3.63) is 39.3 Å². The lowest BCUT2D eigenvalue weighted by atomic mass is 10.0. The molecule has 2 heterocycles. The molecule has 0 fully saturated rings. The molecule has 19 heavy (non-hydrogen) atoms. The van der Waals surface area contributed by atoms with E-state index in [1.165, 1.54) is 16.1 Å². The third-order valence-corrected chi connectivity index (χ3v) is 4.63. The summed E-state index contributed by atoms with van der Waals surface area (Å²) in [6.07, 6.45) is 3.33. The van der Waals surface area contributed by atoms with Crippen LogP contribution >= 0.6 is 11.3 Å². The molecule has 0 saturated carbocycles. The number of aryl methyl sites for hydroxylation is 3. The highest BCUT2D eigenvalue weighted by atomic mass is 32.1. The van der Waals surface area contributed by atoms with Gasteiger partial charge in [-0.1, -0.05) is 6.07 Å². The molecule has 2 rings (SSSR count). The maximum absolute atomic E-state index is 10.1. The average molecular weight is 278 g/mol. The third kappa shape index (κ3) is 3.67. The van der Waals surface area contributed by atoms with Gasteiger partial charge in [0.2, 0.25) is 0 Å². The van der Waals surface area contributed by atoms with Gasteiger partial charge in [-0.15, -0.1) is 11.3 Å². The molecule has 1 atom stereocenters. The number of hydrogen-bond acceptors (Lipinski definition) is 3. The molecule has 0 spiro atoms. The first kappa shape index (κ1) is 14.3. The van der Waals surface area contributed by atoms with E-state index < -0.39 is 0 Å². The van der Waals surface area contributed by atoms with Gasteiger partial charge >= 0.3 is 0 Å². The number of rotatable bonds is 6. The maximum Gasteiger partial charge on any atom is 0.0628 e. The molecular formula is C15H22N2OS. The van der Waals surface area contributed by atoms with Gasteiger partial charge in [0.25, 0.3) is 0 Å². The standard InChI is InChI=1S/C15H22N2OS/c1-11-15(12(2)17(3)16-11)9-7-13(18)6-8-14-5-4-10-19-14/h4-5,10,13,18H,6-9H2,1-3H3. The third-order valence-electron chi connectivity index (χ3n) is 3.69. The van der Waals surface area contributed by atoms with Gasteiger partial charge in [-0.05, 0) is 56.5 Å². The topological polar surface area (TPSA) is 38.0 Å². The molecule has 3 nitrogen and oxygen atoms in total. The summed E-state index contributed by atoms with van der Waals surface area (Å²) in [5.41, 5.74) is 3.59. The number of aromatic nitrogens is 2. The van der Waals surface area contributed by atoms with Crippen molar-refractivity contribution in [3.63, 3.8) is 0 Å². The average Bonchev–Trinajstić information content (AvgIpc) is 2.96. The maximum atomic E-state index is 10.1. The van der Waals surface area contributed by atoms with Crippen LogP contribution in [0, 0.1) is 13.8 Å². The zero-order valence-corrected chi connectivity index (χ0v) is 12.7. The summed E-state index contributed by atoms with van der Waals surface area (Å²) in [5.74, 6) is 0. The normalized spacial score (nSPS) is 12.8. The molecule has 104 valence electrons. The summed E-state index contributed by atoms with van der Waals surface area (Å²) in [6, 6.07) is 4.20. The SMILES string of the molecule is Cc1nn(C)c(C)c1CCC(O)CCc1cccs1. The highest BCUT2D eigenvalue weighted by molar-refractivity contribution is 7.09. The van der Waals surface area contributed by atoms with Crippen LogP contribution in [0.2, 0.25) is 0 Å². The molecule has 0 bridgehead atoms. The van der Waals surface area contributed by atoms with Gasteiger partial charge < -0.3 is 5.11 Å². The molecule has 0 aliphatic rings. The highest BCUT2D eigenvalue weighted by Gasteiger charge is 2.12. The van der Waals surface area contributed by atoms with Crippen LogP contribution < -0.4 is 0 Å². The van der Waals surface area contributed by atoms with Crippen molar-refractivity contribution >= 4 is 11.3 Å². The van der Waals surface area contributed by atoms with Gasteiger partial charge in [0.1, 0.15) is 0 Å². The van der Waals surface area contributed by atoms with Crippen molar-refractivity contribution < 1.29 is 5.11 Å². The van der Waals surface area contributed by atoms with E-state index in [4.69, 9.17) is 0 Å². The first-order chi connectivity index (χ1) is 9.08. The number of thiophene rings is 1. The van der Waals surface area contributed by atoms with Gasteiger partial charge in [-0.2, -0.15) is 5.10 Å². The molecule has 0 radical (unpaired) electrons. The monoisotopic (exact) mass is 278 g/mol. The van der Waals surface area contributed by atoms with E-state index in [0.29, 0.717) is 0 Å². The van der Waals surface area contributed by atoms with E-state index in [-0.39, 0.29) is 6.10 Å². The molecule has 1 N–H and O–H groups in total. The van der Waals surface area contributed by atoms with Crippen LogP contribution in [0.25, 0.3) is 0 Å². The van der Waals surface area contributed by atoms with Crippen molar-refractivity contribution in [3.8, 4) is 0 Å². The molecule has 2 aromatic rings. The number of hydrogen-bond donors (Lipinski definition) is 1. The molecule has 0 aromatic carbocycles. The first-order valence-corrected chi connectivity index (χ1v) is 7.65. The largest absolute Gasteiger partial charge is 0.393 e. The minimum atomic E-state index is -0.221. The summed E-state index contributed by atoms with van der Waals surface area (Å²) >= 11 is 1.76. The Morgan fingerprint density at radius 3 is 2.63 bits per heavy atom. The molecular weight excluding hydrogens is 256 g/mol. The molecule has 4 heteroatoms. The predicted octanol–water partition coefficient (Wildman–Crippen LogP) is 3.02. The lowest BCUT2D eigenvalue weighted by molar-refractivity contribution is 0.155. The Bertz CT molecular complexity index is 516. The van der Waals surface area contributed by atoms with Crippen LogP contribution in [0.5, 0.6) is 0 Å². The molecule has 0 amide bonds. The Balaban J connectivity index is 1.81. The lowest BCUT2D eigenvalue weighted by Gasteiger charge is -2.10. The molecule has 0 aliphatic carbocycles. The van der Waals surface area contributed by atoms with Gasteiger partial charge in [-0.3, -0.25) is 4.68 Å². The van der Waals surface area contributed by atoms with E-state index in [2.05, 4.69) is 29.5 Å². The van der Waals surface area contributed by atoms with Crippen molar-refractivity contribution in [2.24, 2.45) is 7.05 Å². The predicted molar refractivity (Wildman–Crippen MR) is 79.6 cm³/mol. The molecule has 0 saturated heterocycles. The Morgan fingerprint density at radius 2 is 2.05 bits per heavy atom. The fraction of sp³-hybridized carbons (Fsp3) is 0.533. The van der Waals surface area contributed by atoms with Crippen LogP contribution in [0.3, 0.4) is 0 Å². The van der Waals surface area contributed by atoms with Gasteiger partial charge in [-0.25, -0.2) is 0 Å². The van der Waals surface area contributed by atoms with Crippen molar-refractivity contribution in [2.45, 2.75) is 45.6 Å². The van der Waals surface area contributed by atoms with E-state index >= 15 is 0 Å². The second-order valence-electron chi connectivity index (χ2n) is 5.08. The van der Waals surface area contributed by atoms with Gasteiger partial charge in [0.15, 0.2) is 0 Å². The smallest absolute Gasteiger partial charge is 0.0628 e. The quantitative estimate of drug-likeness (QED) is 0.882. The number of nitrogens with zero attached hydrogens (tertiary/aromatic N) is 2. The summed E-state index contributed by atoms with van der Waals surface area (Å²) in [4.78, 5) is 1.35. The second-order valence-corrected chi connectivity index (χ2v) is 6.12. The lowest BCUT2D eigenvalue weighted by Crippen LogP contribution is -2.09. The second kappa shape index (κ2) is 6.35. The van der Waals surface area contributed by atoms with Crippen molar-refractivity contribution in [1.29, 1.82) is 0 Å². The van der Waals surface area contributed by atoms with E-state index in [0.717, 1.165) is 31.4 Å². The van der Waals surface area contributed by atoms with E-state index in [1.807, 2.05) is 18.7 Å². The van der Waals surface area contributed by atoms with Crippen LogP contribution in [0.4, 0.5) is 0 Å². The Hall–Kier alpha value is -1.13. The number of aliphatic hydroxyl groups is 1. The Morgan fingerprint density at radius 1 is 1.32 bits per heavy atom. The van der Waals surface area contributed by atoms with Crippen LogP contribution in [0.1, 0.15) is 34.7 Å². The van der Waals surface area contributed by atoms with Crippen LogP contribution in [-0.2, 0) is 19.9 Å².